The summed E-state index contributed by atoms with van der Waals surface area (Å²) in [6.45, 7) is 1.90. The molecular formula is C26H21F6N. The molecule has 172 valence electrons. The zero-order chi connectivity index (χ0) is 24.1. The van der Waals surface area contributed by atoms with Crippen LogP contribution in [0.5, 0.6) is 0 Å². The number of nitrogens with zero attached hydrogens (tertiary/aromatic N) is 1. The highest BCUT2D eigenvalue weighted by Gasteiger charge is 2.16. The van der Waals surface area contributed by atoms with Crippen LogP contribution in [0.2, 0.25) is 0 Å². The van der Waals surface area contributed by atoms with Gasteiger partial charge in [0.25, 0.3) is 0 Å². The Hall–Kier alpha value is -3.27. The van der Waals surface area contributed by atoms with Crippen molar-refractivity contribution >= 4 is 0 Å². The zero-order valence-electron chi connectivity index (χ0n) is 17.9. The molecule has 0 atom stereocenters. The quantitative estimate of drug-likeness (QED) is 0.334. The van der Waals surface area contributed by atoms with E-state index in [2.05, 4.69) is 0 Å². The number of benzene rings is 3. The molecule has 3 aromatic carbocycles. The Morgan fingerprint density at radius 2 is 0.879 bits per heavy atom. The Morgan fingerprint density at radius 1 is 0.545 bits per heavy atom. The minimum atomic E-state index is -1.04. The molecule has 0 fully saturated rings. The molecule has 0 spiro atoms. The molecule has 0 aliphatic heterocycles. The van der Waals surface area contributed by atoms with E-state index < -0.39 is 40.5 Å². The third kappa shape index (κ3) is 5.75. The SMILES string of the molecule is CCCc1cc(F)c(CCc2cc(F)c(CCc3cc(F)c(C#N)c(F)c3)c(F)c2)c(F)c1. The molecule has 0 aliphatic rings. The van der Waals surface area contributed by atoms with Gasteiger partial charge in [0.05, 0.1) is 0 Å². The van der Waals surface area contributed by atoms with E-state index in [1.165, 1.54) is 18.2 Å². The molecule has 3 rings (SSSR count). The van der Waals surface area contributed by atoms with Crippen molar-refractivity contribution < 1.29 is 26.3 Å². The lowest BCUT2D eigenvalue weighted by molar-refractivity contribution is 0.544. The van der Waals surface area contributed by atoms with E-state index in [4.69, 9.17) is 5.26 Å². The highest BCUT2D eigenvalue weighted by molar-refractivity contribution is 5.36. The van der Waals surface area contributed by atoms with Crippen LogP contribution in [0.3, 0.4) is 0 Å². The topological polar surface area (TPSA) is 23.8 Å². The molecule has 0 amide bonds. The van der Waals surface area contributed by atoms with Crippen LogP contribution in [0, 0.1) is 46.2 Å². The number of hydrogen-bond acceptors (Lipinski definition) is 1. The van der Waals surface area contributed by atoms with Gasteiger partial charge in [-0.3, -0.25) is 0 Å². The average Bonchev–Trinajstić information content (AvgIpc) is 2.72. The van der Waals surface area contributed by atoms with E-state index in [0.29, 0.717) is 12.0 Å². The molecule has 7 heteroatoms. The van der Waals surface area contributed by atoms with Crippen LogP contribution in [0.15, 0.2) is 36.4 Å². The molecule has 0 aliphatic carbocycles. The minimum absolute atomic E-state index is 0.0289. The van der Waals surface area contributed by atoms with Crippen molar-refractivity contribution in [3.63, 3.8) is 0 Å². The summed E-state index contributed by atoms with van der Waals surface area (Å²) in [6.07, 6.45) is 1.05. The first kappa shape index (κ1) is 24.4. The maximum Gasteiger partial charge on any atom is 0.144 e. The number of rotatable bonds is 8. The third-order valence-electron chi connectivity index (χ3n) is 5.48. The van der Waals surface area contributed by atoms with Gasteiger partial charge < -0.3 is 0 Å². The summed E-state index contributed by atoms with van der Waals surface area (Å²) >= 11 is 0. The van der Waals surface area contributed by atoms with Gasteiger partial charge in [0.2, 0.25) is 0 Å². The highest BCUT2D eigenvalue weighted by Crippen LogP contribution is 2.23. The Kier molecular flexibility index (Phi) is 7.80. The lowest BCUT2D eigenvalue weighted by Gasteiger charge is -2.11. The number of aryl methyl sites for hydroxylation is 3. The summed E-state index contributed by atoms with van der Waals surface area (Å²) in [7, 11) is 0. The van der Waals surface area contributed by atoms with Gasteiger partial charge in [-0.15, -0.1) is 0 Å². The van der Waals surface area contributed by atoms with Crippen molar-refractivity contribution in [2.24, 2.45) is 0 Å². The predicted molar refractivity (Wildman–Crippen MR) is 113 cm³/mol. The standard InChI is InChI=1S/C26H21F6N/c1-2-3-15-8-21(27)18(22(28)9-15)6-4-16-10-23(29)19(24(30)11-16)7-5-17-12-25(31)20(14-33)26(32)13-17/h8-13H,2-7H2,1H3. The molecule has 3 aromatic rings. The van der Waals surface area contributed by atoms with E-state index in [0.717, 1.165) is 30.7 Å². The fourth-order valence-electron chi connectivity index (χ4n) is 3.78. The van der Waals surface area contributed by atoms with Crippen LogP contribution in [-0.4, -0.2) is 0 Å². The van der Waals surface area contributed by atoms with Crippen LogP contribution < -0.4 is 0 Å². The van der Waals surface area contributed by atoms with Crippen LogP contribution in [-0.2, 0) is 32.1 Å². The highest BCUT2D eigenvalue weighted by atomic mass is 19.2. The third-order valence-corrected chi connectivity index (χ3v) is 5.48. The lowest BCUT2D eigenvalue weighted by Crippen LogP contribution is -2.04. The molecule has 33 heavy (non-hydrogen) atoms. The zero-order valence-corrected chi connectivity index (χ0v) is 17.9. The van der Waals surface area contributed by atoms with Crippen molar-refractivity contribution in [1.82, 2.24) is 0 Å². The van der Waals surface area contributed by atoms with Gasteiger partial charge in [0.1, 0.15) is 46.5 Å². The Labute approximate surface area is 188 Å². The maximum absolute atomic E-state index is 14.5. The average molecular weight is 461 g/mol. The molecule has 0 aromatic heterocycles. The summed E-state index contributed by atoms with van der Waals surface area (Å²) in [5.74, 6) is -5.13. The van der Waals surface area contributed by atoms with Gasteiger partial charge >= 0.3 is 0 Å². The first-order chi connectivity index (χ1) is 15.7. The predicted octanol–water partition coefficient (Wildman–Crippen LogP) is 6.92. The Balaban J connectivity index is 1.71. The van der Waals surface area contributed by atoms with Crippen LogP contribution in [0.25, 0.3) is 0 Å². The number of hydrogen-bond donors (Lipinski definition) is 0. The van der Waals surface area contributed by atoms with E-state index >= 15 is 0 Å². The fraction of sp³-hybridized carbons (Fsp3) is 0.269. The smallest absolute Gasteiger partial charge is 0.144 e. The van der Waals surface area contributed by atoms with E-state index in [-0.39, 0.29) is 47.9 Å². The second kappa shape index (κ2) is 10.6. The Morgan fingerprint density at radius 3 is 1.21 bits per heavy atom. The summed E-state index contributed by atoms with van der Waals surface area (Å²) in [4.78, 5) is 0. The van der Waals surface area contributed by atoms with E-state index in [1.54, 1.807) is 0 Å². The molecular weight excluding hydrogens is 440 g/mol. The van der Waals surface area contributed by atoms with Crippen molar-refractivity contribution in [1.29, 1.82) is 5.26 Å². The Bertz CT molecular complexity index is 1140. The van der Waals surface area contributed by atoms with Crippen molar-refractivity contribution in [2.75, 3.05) is 0 Å². The number of halogens is 6. The molecule has 0 unspecified atom stereocenters. The van der Waals surface area contributed by atoms with Gasteiger partial charge in [-0.1, -0.05) is 13.3 Å². The lowest BCUT2D eigenvalue weighted by atomic mass is 9.97. The molecule has 0 saturated heterocycles. The van der Waals surface area contributed by atoms with Crippen molar-refractivity contribution in [3.8, 4) is 6.07 Å². The normalized spacial score (nSPS) is 11.0. The fourth-order valence-corrected chi connectivity index (χ4v) is 3.78. The molecule has 0 bridgehead atoms. The largest absolute Gasteiger partial charge is 0.207 e. The molecule has 0 saturated carbocycles. The number of nitriles is 1. The molecule has 1 nitrogen and oxygen atoms in total. The monoisotopic (exact) mass is 461 g/mol. The van der Waals surface area contributed by atoms with Gasteiger partial charge in [-0.25, -0.2) is 26.3 Å². The van der Waals surface area contributed by atoms with Gasteiger partial charge in [-0.05, 0) is 85.2 Å². The van der Waals surface area contributed by atoms with E-state index in [1.807, 2.05) is 6.92 Å². The van der Waals surface area contributed by atoms with Crippen LogP contribution >= 0.6 is 0 Å². The molecule has 0 radical (unpaired) electrons. The summed E-state index contributed by atoms with van der Waals surface area (Å²) in [5.41, 5.74) is -0.159. The first-order valence-corrected chi connectivity index (χ1v) is 10.5. The maximum atomic E-state index is 14.5. The summed E-state index contributed by atoms with van der Waals surface area (Å²) < 4.78 is 85.1. The van der Waals surface area contributed by atoms with Crippen LogP contribution in [0.1, 0.15) is 46.7 Å². The van der Waals surface area contributed by atoms with Crippen LogP contribution in [0.4, 0.5) is 26.3 Å². The van der Waals surface area contributed by atoms with Gasteiger partial charge in [0.15, 0.2) is 0 Å². The van der Waals surface area contributed by atoms with E-state index in [9.17, 15) is 26.3 Å². The first-order valence-electron chi connectivity index (χ1n) is 10.5. The van der Waals surface area contributed by atoms with Crippen molar-refractivity contribution in [3.05, 3.63) is 105 Å². The molecule has 0 N–H and O–H groups in total. The summed E-state index contributed by atoms with van der Waals surface area (Å²) in [6, 6.07) is 8.08. The van der Waals surface area contributed by atoms with Gasteiger partial charge in [0, 0.05) is 11.1 Å². The minimum Gasteiger partial charge on any atom is -0.207 e. The second-order valence-electron chi connectivity index (χ2n) is 7.87. The summed E-state index contributed by atoms with van der Waals surface area (Å²) in [5, 5.41) is 8.71. The second-order valence-corrected chi connectivity index (χ2v) is 7.87. The molecule has 0 heterocycles. The van der Waals surface area contributed by atoms with Gasteiger partial charge in [-0.2, -0.15) is 5.26 Å². The van der Waals surface area contributed by atoms with Crippen molar-refractivity contribution in [2.45, 2.75) is 45.4 Å².